The van der Waals surface area contributed by atoms with Gasteiger partial charge < -0.3 is 14.5 Å². The minimum absolute atomic E-state index is 0.0130. The monoisotopic (exact) mass is 566 g/mol. The van der Waals surface area contributed by atoms with E-state index in [9.17, 15) is 5.26 Å². The minimum Gasteiger partial charge on any atom is -0.308 e. The summed E-state index contributed by atoms with van der Waals surface area (Å²) in [6, 6.07) is 43.0. The van der Waals surface area contributed by atoms with Crippen molar-refractivity contribution < 1.29 is 0 Å². The van der Waals surface area contributed by atoms with Gasteiger partial charge in [0, 0.05) is 33.3 Å². The molecule has 0 atom stereocenters. The van der Waals surface area contributed by atoms with E-state index in [-0.39, 0.29) is 5.41 Å². The van der Waals surface area contributed by atoms with Gasteiger partial charge in [-0.2, -0.15) is 5.26 Å². The van der Waals surface area contributed by atoms with Crippen LogP contribution >= 0.6 is 0 Å². The van der Waals surface area contributed by atoms with Crippen LogP contribution in [0.4, 0.5) is 0 Å². The van der Waals surface area contributed by atoms with Crippen LogP contribution in [0.5, 0.6) is 0 Å². The number of nitrogens with zero attached hydrogens (tertiary/aromatic N) is 3. The quantitative estimate of drug-likeness (QED) is 0.213. The molecule has 44 heavy (non-hydrogen) atoms. The summed E-state index contributed by atoms with van der Waals surface area (Å²) in [5.41, 5.74) is 8.47. The van der Waals surface area contributed by atoms with Crippen LogP contribution in [0.3, 0.4) is 0 Å². The molecule has 8 rings (SSSR count). The van der Waals surface area contributed by atoms with Crippen molar-refractivity contribution in [3.8, 4) is 17.4 Å². The molecule has 0 aliphatic rings. The lowest BCUT2D eigenvalue weighted by molar-refractivity contribution is 0.591. The van der Waals surface area contributed by atoms with Crippen molar-refractivity contribution in [3.05, 3.63) is 132 Å². The van der Waals surface area contributed by atoms with Crippen molar-refractivity contribution in [1.29, 1.82) is 10.7 Å². The Labute approximate surface area is 255 Å². The molecular weight excluding hydrogens is 536 g/mol. The maximum atomic E-state index is 10.3. The Bertz CT molecular complexity index is 2460. The Morgan fingerprint density at radius 3 is 1.84 bits per heavy atom. The number of hydrogen-bond acceptors (Lipinski definition) is 2. The zero-order valence-electron chi connectivity index (χ0n) is 24.9. The van der Waals surface area contributed by atoms with E-state index in [4.69, 9.17) is 5.41 Å². The third-order valence-corrected chi connectivity index (χ3v) is 9.01. The first kappa shape index (κ1) is 26.0. The number of nitriles is 1. The van der Waals surface area contributed by atoms with Gasteiger partial charge in [-0.3, -0.25) is 0 Å². The maximum absolute atomic E-state index is 10.3. The number of nitrogens with one attached hydrogen (secondary N) is 1. The fourth-order valence-corrected chi connectivity index (χ4v) is 6.87. The molecule has 210 valence electrons. The minimum atomic E-state index is -0.0130. The topological polar surface area (TPSA) is 57.5 Å². The predicted molar refractivity (Wildman–Crippen MR) is 184 cm³/mol. The molecular formula is C40H30N4. The fraction of sp³-hybridized carbons (Fsp3) is 0.100. The summed E-state index contributed by atoms with van der Waals surface area (Å²) < 4.78 is 4.60. The smallest absolute Gasteiger partial charge is 0.0999 e. The SMILES string of the molecule is CC(C)(C)c1ccc2c(c1)c1c3ccccc3ccc1n2-c1cc(C#N)c(C=N)cc1-n1c2ccccc2c2ccccc21. The molecule has 0 aliphatic heterocycles. The largest absolute Gasteiger partial charge is 0.308 e. The highest BCUT2D eigenvalue weighted by Crippen LogP contribution is 2.42. The van der Waals surface area contributed by atoms with E-state index in [1.807, 2.05) is 12.1 Å². The van der Waals surface area contributed by atoms with Crippen LogP contribution in [-0.2, 0) is 5.41 Å². The van der Waals surface area contributed by atoms with Crippen LogP contribution in [-0.4, -0.2) is 15.3 Å². The van der Waals surface area contributed by atoms with Gasteiger partial charge in [-0.05, 0) is 64.2 Å². The van der Waals surface area contributed by atoms with Gasteiger partial charge in [0.25, 0.3) is 0 Å². The summed E-state index contributed by atoms with van der Waals surface area (Å²) in [5, 5.41) is 25.6. The molecule has 4 heteroatoms. The first-order valence-corrected chi connectivity index (χ1v) is 14.9. The number of para-hydroxylation sites is 2. The Hall–Kier alpha value is -5.66. The fourth-order valence-electron chi connectivity index (χ4n) is 6.87. The lowest BCUT2D eigenvalue weighted by Crippen LogP contribution is -2.10. The van der Waals surface area contributed by atoms with E-state index >= 15 is 0 Å². The van der Waals surface area contributed by atoms with Crippen molar-refractivity contribution >= 4 is 60.6 Å². The molecule has 0 radical (unpaired) electrons. The summed E-state index contributed by atoms with van der Waals surface area (Å²) in [6.45, 7) is 6.75. The first-order valence-electron chi connectivity index (χ1n) is 14.9. The highest BCUT2D eigenvalue weighted by Gasteiger charge is 2.23. The summed E-state index contributed by atoms with van der Waals surface area (Å²) in [4.78, 5) is 0. The first-order chi connectivity index (χ1) is 21.4. The van der Waals surface area contributed by atoms with Crippen LogP contribution < -0.4 is 0 Å². The van der Waals surface area contributed by atoms with E-state index in [1.54, 1.807) is 0 Å². The second-order valence-electron chi connectivity index (χ2n) is 12.6. The van der Waals surface area contributed by atoms with Crippen molar-refractivity contribution in [2.75, 3.05) is 0 Å². The van der Waals surface area contributed by atoms with Crippen LogP contribution in [0.15, 0.2) is 115 Å². The molecule has 0 aliphatic carbocycles. The molecule has 0 spiro atoms. The van der Waals surface area contributed by atoms with Gasteiger partial charge in [0.05, 0.1) is 45.1 Å². The lowest BCUT2D eigenvalue weighted by atomic mass is 9.86. The predicted octanol–water partition coefficient (Wildman–Crippen LogP) is 10.2. The maximum Gasteiger partial charge on any atom is 0.0999 e. The van der Waals surface area contributed by atoms with Gasteiger partial charge >= 0.3 is 0 Å². The zero-order valence-corrected chi connectivity index (χ0v) is 24.9. The number of fused-ring (bicyclic) bond motifs is 8. The van der Waals surface area contributed by atoms with Gasteiger partial charge in [0.1, 0.15) is 0 Å². The lowest BCUT2D eigenvalue weighted by Gasteiger charge is -2.20. The Morgan fingerprint density at radius 2 is 1.18 bits per heavy atom. The normalized spacial score (nSPS) is 12.0. The van der Waals surface area contributed by atoms with Gasteiger partial charge in [-0.15, -0.1) is 0 Å². The molecule has 0 amide bonds. The van der Waals surface area contributed by atoms with Crippen molar-refractivity contribution in [2.45, 2.75) is 26.2 Å². The van der Waals surface area contributed by atoms with E-state index in [0.717, 1.165) is 44.2 Å². The molecule has 6 aromatic carbocycles. The van der Waals surface area contributed by atoms with Crippen LogP contribution in [0.1, 0.15) is 37.5 Å². The molecule has 8 aromatic rings. The number of benzene rings is 6. The molecule has 0 unspecified atom stereocenters. The summed E-state index contributed by atoms with van der Waals surface area (Å²) >= 11 is 0. The number of aromatic nitrogens is 2. The third-order valence-electron chi connectivity index (χ3n) is 9.01. The van der Waals surface area contributed by atoms with Gasteiger partial charge in [-0.25, -0.2) is 0 Å². The molecule has 0 bridgehead atoms. The highest BCUT2D eigenvalue weighted by atomic mass is 15.1. The van der Waals surface area contributed by atoms with E-state index in [1.165, 1.54) is 33.3 Å². The second kappa shape index (κ2) is 9.42. The molecule has 4 nitrogen and oxygen atoms in total. The average molecular weight is 567 g/mol. The Kier molecular flexibility index (Phi) is 5.57. The van der Waals surface area contributed by atoms with E-state index < -0.39 is 0 Å². The zero-order chi connectivity index (χ0) is 30.2. The molecule has 0 saturated heterocycles. The van der Waals surface area contributed by atoms with Gasteiger partial charge in [-0.1, -0.05) is 93.6 Å². The molecule has 0 fully saturated rings. The summed E-state index contributed by atoms with van der Waals surface area (Å²) in [7, 11) is 0. The highest BCUT2D eigenvalue weighted by molar-refractivity contribution is 6.21. The summed E-state index contributed by atoms with van der Waals surface area (Å²) in [5.74, 6) is 0. The van der Waals surface area contributed by atoms with Gasteiger partial charge in [0.2, 0.25) is 0 Å². The number of rotatable bonds is 3. The molecule has 2 aromatic heterocycles. The number of hydrogen-bond donors (Lipinski definition) is 1. The second-order valence-corrected chi connectivity index (χ2v) is 12.6. The van der Waals surface area contributed by atoms with Crippen LogP contribution in [0.25, 0.3) is 65.8 Å². The standard InChI is InChI=1S/C40H30N4/c1-40(2,3)28-17-19-35-32(22-28)39-29-11-5-4-10-25(29)16-18-36(39)44(35)38-21-27(24-42)26(23-41)20-37(38)43-33-14-8-6-12-30(33)31-13-7-9-15-34(31)43/h4-23,41H,1-3H3. The third kappa shape index (κ3) is 3.66. The molecule has 0 saturated carbocycles. The van der Waals surface area contributed by atoms with Gasteiger partial charge in [0.15, 0.2) is 0 Å². The van der Waals surface area contributed by atoms with Crippen LogP contribution in [0.2, 0.25) is 0 Å². The van der Waals surface area contributed by atoms with Crippen LogP contribution in [0, 0.1) is 16.7 Å². The van der Waals surface area contributed by atoms with E-state index in [0.29, 0.717) is 11.1 Å². The Balaban J connectivity index is 1.59. The average Bonchev–Trinajstić information content (AvgIpc) is 3.56. The van der Waals surface area contributed by atoms with Crippen molar-refractivity contribution in [3.63, 3.8) is 0 Å². The summed E-state index contributed by atoms with van der Waals surface area (Å²) in [6.07, 6.45) is 1.29. The van der Waals surface area contributed by atoms with Crippen molar-refractivity contribution in [2.24, 2.45) is 0 Å². The van der Waals surface area contributed by atoms with E-state index in [2.05, 4.69) is 139 Å². The molecule has 2 heterocycles. The van der Waals surface area contributed by atoms with Crippen molar-refractivity contribution in [1.82, 2.24) is 9.13 Å². The molecule has 1 N–H and O–H groups in total. The Morgan fingerprint density at radius 1 is 0.614 bits per heavy atom.